The molecule has 0 aliphatic rings. The summed E-state index contributed by atoms with van der Waals surface area (Å²) < 4.78 is 16.3. The van der Waals surface area contributed by atoms with Crippen LogP contribution < -0.4 is 14.2 Å². The van der Waals surface area contributed by atoms with Crippen LogP contribution >= 0.6 is 11.6 Å². The molecule has 0 saturated carbocycles. The van der Waals surface area contributed by atoms with Gasteiger partial charge in [0.05, 0.1) is 21.3 Å². The number of halogens is 1. The summed E-state index contributed by atoms with van der Waals surface area (Å²) in [5.74, 6) is 1.76. The molecular weight excluding hydrogens is 288 g/mol. The summed E-state index contributed by atoms with van der Waals surface area (Å²) in [6, 6.07) is 9.40. The second-order valence-electron chi connectivity index (χ2n) is 4.32. The van der Waals surface area contributed by atoms with Gasteiger partial charge in [0.15, 0.2) is 11.5 Å². The van der Waals surface area contributed by atoms with Crippen LogP contribution in [-0.2, 0) is 0 Å². The summed E-state index contributed by atoms with van der Waals surface area (Å²) in [5.41, 5.74) is 2.75. The third-order valence-corrected chi connectivity index (χ3v) is 3.47. The van der Waals surface area contributed by atoms with Crippen molar-refractivity contribution in [3.63, 3.8) is 0 Å². The highest BCUT2D eigenvalue weighted by Gasteiger charge is 2.20. The predicted molar refractivity (Wildman–Crippen MR) is 86.6 cm³/mol. The monoisotopic (exact) mass is 304 g/mol. The molecular formula is C17H17ClO3. The molecule has 2 aromatic rings. The van der Waals surface area contributed by atoms with E-state index in [1.54, 1.807) is 27.4 Å². The zero-order valence-electron chi connectivity index (χ0n) is 12.3. The quantitative estimate of drug-likeness (QED) is 0.803. The SMILES string of the molecule is C=Cc1cc(OC)c(OC)c(OC)c1-c1ccc(Cl)cc1. The van der Waals surface area contributed by atoms with Crippen molar-refractivity contribution in [3.8, 4) is 28.4 Å². The number of methoxy groups -OCH3 is 3. The Kier molecular flexibility index (Phi) is 4.76. The number of benzene rings is 2. The maximum atomic E-state index is 5.96. The fourth-order valence-electron chi connectivity index (χ4n) is 2.25. The Labute approximate surface area is 129 Å². The van der Waals surface area contributed by atoms with Gasteiger partial charge < -0.3 is 14.2 Å². The number of ether oxygens (including phenoxy) is 3. The Morgan fingerprint density at radius 3 is 2.05 bits per heavy atom. The number of rotatable bonds is 5. The van der Waals surface area contributed by atoms with Crippen molar-refractivity contribution >= 4 is 17.7 Å². The third kappa shape index (κ3) is 2.83. The van der Waals surface area contributed by atoms with E-state index in [4.69, 9.17) is 25.8 Å². The van der Waals surface area contributed by atoms with Gasteiger partial charge in [0.1, 0.15) is 0 Å². The Balaban J connectivity index is 2.79. The molecule has 0 spiro atoms. The van der Waals surface area contributed by atoms with Crippen molar-refractivity contribution in [2.24, 2.45) is 0 Å². The molecule has 2 aromatic carbocycles. The second kappa shape index (κ2) is 6.55. The molecule has 0 heterocycles. The predicted octanol–water partition coefficient (Wildman–Crippen LogP) is 4.68. The summed E-state index contributed by atoms with van der Waals surface area (Å²) in [4.78, 5) is 0. The molecule has 3 nitrogen and oxygen atoms in total. The molecule has 0 atom stereocenters. The summed E-state index contributed by atoms with van der Waals surface area (Å²) in [5, 5.41) is 0.679. The van der Waals surface area contributed by atoms with Crippen molar-refractivity contribution < 1.29 is 14.2 Å². The minimum absolute atomic E-state index is 0.551. The van der Waals surface area contributed by atoms with Gasteiger partial charge in [0, 0.05) is 10.6 Å². The average molecular weight is 305 g/mol. The van der Waals surface area contributed by atoms with Crippen molar-refractivity contribution in [1.29, 1.82) is 0 Å². The summed E-state index contributed by atoms with van der Waals surface area (Å²) in [6.07, 6.45) is 1.76. The van der Waals surface area contributed by atoms with Crippen molar-refractivity contribution in [3.05, 3.63) is 47.5 Å². The Morgan fingerprint density at radius 1 is 0.952 bits per heavy atom. The molecule has 0 unspecified atom stereocenters. The minimum Gasteiger partial charge on any atom is -0.493 e. The zero-order valence-corrected chi connectivity index (χ0v) is 13.0. The van der Waals surface area contributed by atoms with E-state index in [1.807, 2.05) is 30.3 Å². The molecule has 4 heteroatoms. The first-order valence-corrected chi connectivity index (χ1v) is 6.75. The molecule has 0 aliphatic carbocycles. The van der Waals surface area contributed by atoms with Crippen LogP contribution in [0, 0.1) is 0 Å². The highest BCUT2D eigenvalue weighted by molar-refractivity contribution is 6.30. The maximum Gasteiger partial charge on any atom is 0.203 e. The van der Waals surface area contributed by atoms with Crippen LogP contribution in [0.3, 0.4) is 0 Å². The lowest BCUT2D eigenvalue weighted by molar-refractivity contribution is 0.325. The molecule has 0 fully saturated rings. The van der Waals surface area contributed by atoms with Gasteiger partial charge in [-0.05, 0) is 29.3 Å². The van der Waals surface area contributed by atoms with Crippen LogP contribution in [0.1, 0.15) is 5.56 Å². The fourth-order valence-corrected chi connectivity index (χ4v) is 2.38. The van der Waals surface area contributed by atoms with E-state index in [0.717, 1.165) is 16.7 Å². The van der Waals surface area contributed by atoms with Crippen LogP contribution in [0.5, 0.6) is 17.2 Å². The smallest absolute Gasteiger partial charge is 0.203 e. The minimum atomic E-state index is 0.551. The first-order valence-electron chi connectivity index (χ1n) is 6.37. The number of hydrogen-bond acceptors (Lipinski definition) is 3. The Hall–Kier alpha value is -2.13. The van der Waals surface area contributed by atoms with E-state index in [1.165, 1.54) is 0 Å². The Bertz CT molecular complexity index is 648. The van der Waals surface area contributed by atoms with Crippen LogP contribution in [0.25, 0.3) is 17.2 Å². The van der Waals surface area contributed by atoms with Gasteiger partial charge in [-0.15, -0.1) is 0 Å². The third-order valence-electron chi connectivity index (χ3n) is 3.21. The van der Waals surface area contributed by atoms with Gasteiger partial charge in [0.2, 0.25) is 5.75 Å². The van der Waals surface area contributed by atoms with Gasteiger partial charge in [-0.25, -0.2) is 0 Å². The highest BCUT2D eigenvalue weighted by Crippen LogP contribution is 2.47. The zero-order chi connectivity index (χ0) is 15.4. The first-order chi connectivity index (χ1) is 10.2. The second-order valence-corrected chi connectivity index (χ2v) is 4.76. The number of hydrogen-bond donors (Lipinski definition) is 0. The van der Waals surface area contributed by atoms with Crippen LogP contribution in [-0.4, -0.2) is 21.3 Å². The fraction of sp³-hybridized carbons (Fsp3) is 0.176. The molecule has 0 aromatic heterocycles. The van der Waals surface area contributed by atoms with Gasteiger partial charge in [-0.1, -0.05) is 36.4 Å². The van der Waals surface area contributed by atoms with Gasteiger partial charge in [-0.2, -0.15) is 0 Å². The van der Waals surface area contributed by atoms with Gasteiger partial charge in [-0.3, -0.25) is 0 Å². The molecule has 0 bridgehead atoms. The van der Waals surface area contributed by atoms with Gasteiger partial charge >= 0.3 is 0 Å². The summed E-state index contributed by atoms with van der Waals surface area (Å²) >= 11 is 5.96. The topological polar surface area (TPSA) is 27.7 Å². The Morgan fingerprint density at radius 2 is 1.57 bits per heavy atom. The van der Waals surface area contributed by atoms with E-state index >= 15 is 0 Å². The van der Waals surface area contributed by atoms with Crippen molar-refractivity contribution in [2.75, 3.05) is 21.3 Å². The lowest BCUT2D eigenvalue weighted by Gasteiger charge is -2.18. The van der Waals surface area contributed by atoms with E-state index in [2.05, 4.69) is 6.58 Å². The summed E-state index contributed by atoms with van der Waals surface area (Å²) in [6.45, 7) is 3.86. The molecule has 0 radical (unpaired) electrons. The van der Waals surface area contributed by atoms with E-state index in [-0.39, 0.29) is 0 Å². The lowest BCUT2D eigenvalue weighted by Crippen LogP contribution is -1.99. The van der Waals surface area contributed by atoms with E-state index < -0.39 is 0 Å². The molecule has 2 rings (SSSR count). The highest BCUT2D eigenvalue weighted by atomic mass is 35.5. The lowest BCUT2D eigenvalue weighted by atomic mass is 9.97. The normalized spacial score (nSPS) is 10.1. The van der Waals surface area contributed by atoms with Crippen LogP contribution in [0.4, 0.5) is 0 Å². The van der Waals surface area contributed by atoms with E-state index in [9.17, 15) is 0 Å². The van der Waals surface area contributed by atoms with Crippen molar-refractivity contribution in [2.45, 2.75) is 0 Å². The molecule has 0 amide bonds. The molecule has 0 aliphatic heterocycles. The van der Waals surface area contributed by atoms with Crippen LogP contribution in [0.2, 0.25) is 5.02 Å². The van der Waals surface area contributed by atoms with Gasteiger partial charge in [0.25, 0.3) is 0 Å². The molecule has 0 N–H and O–H groups in total. The van der Waals surface area contributed by atoms with Crippen LogP contribution in [0.15, 0.2) is 36.9 Å². The molecule has 110 valence electrons. The first kappa shape index (κ1) is 15.3. The average Bonchev–Trinajstić information content (AvgIpc) is 2.53. The summed E-state index contributed by atoms with van der Waals surface area (Å²) in [7, 11) is 4.77. The van der Waals surface area contributed by atoms with Crippen molar-refractivity contribution in [1.82, 2.24) is 0 Å². The standard InChI is InChI=1S/C17H17ClO3/c1-5-11-10-14(19-2)16(20-3)17(21-4)15(11)12-6-8-13(18)9-7-12/h5-10H,1H2,2-4H3. The molecule has 0 saturated heterocycles. The van der Waals surface area contributed by atoms with E-state index in [0.29, 0.717) is 22.3 Å². The largest absolute Gasteiger partial charge is 0.493 e. The molecule has 21 heavy (non-hydrogen) atoms. The maximum absolute atomic E-state index is 5.96.